The number of nitrogens with two attached hydrogens (primary N) is 1. The highest BCUT2D eigenvalue weighted by Crippen LogP contribution is 2.20. The summed E-state index contributed by atoms with van der Waals surface area (Å²) in [5.41, 5.74) is 6.41. The first-order valence-electron chi connectivity index (χ1n) is 8.91. The van der Waals surface area contributed by atoms with Gasteiger partial charge in [-0.2, -0.15) is 0 Å². The minimum absolute atomic E-state index is 0.0293. The third kappa shape index (κ3) is 4.04. The number of carbonyl (C=O) groups is 1. The van der Waals surface area contributed by atoms with Gasteiger partial charge in [-0.3, -0.25) is 19.1 Å². The Kier molecular flexibility index (Phi) is 6.38. The summed E-state index contributed by atoms with van der Waals surface area (Å²) in [4.78, 5) is 41.3. The van der Waals surface area contributed by atoms with Crippen LogP contribution < -0.4 is 21.9 Å². The zero-order valence-electron chi connectivity index (χ0n) is 15.5. The quantitative estimate of drug-likeness (QED) is 0.793. The van der Waals surface area contributed by atoms with Crippen molar-refractivity contribution >= 4 is 17.4 Å². The van der Waals surface area contributed by atoms with Gasteiger partial charge in [0.2, 0.25) is 0 Å². The van der Waals surface area contributed by atoms with Crippen LogP contribution in [0.15, 0.2) is 33.9 Å². The van der Waals surface area contributed by atoms with E-state index in [0.717, 1.165) is 18.4 Å². The number of aromatic amines is 1. The van der Waals surface area contributed by atoms with E-state index in [2.05, 4.69) is 4.98 Å². The Bertz CT molecular complexity index is 898. The summed E-state index contributed by atoms with van der Waals surface area (Å²) >= 11 is 0. The van der Waals surface area contributed by atoms with Crippen LogP contribution in [-0.2, 0) is 6.54 Å². The highest BCUT2D eigenvalue weighted by molar-refractivity contribution is 6.07. The van der Waals surface area contributed by atoms with Crippen molar-refractivity contribution in [2.45, 2.75) is 46.6 Å². The van der Waals surface area contributed by atoms with Crippen LogP contribution in [0.1, 0.15) is 49.0 Å². The van der Waals surface area contributed by atoms with Crippen LogP contribution in [0.4, 0.5) is 11.5 Å². The first-order chi connectivity index (χ1) is 12.4. The molecule has 1 amide bonds. The third-order valence-corrected chi connectivity index (χ3v) is 4.18. The molecule has 1 heterocycles. The smallest absolute Gasteiger partial charge is 0.330 e. The molecule has 0 radical (unpaired) electrons. The Balaban J connectivity index is 2.58. The first kappa shape index (κ1) is 19.5. The molecule has 140 valence electrons. The van der Waals surface area contributed by atoms with Crippen LogP contribution in [0.25, 0.3) is 0 Å². The van der Waals surface area contributed by atoms with Crippen LogP contribution in [0, 0.1) is 6.92 Å². The number of nitrogens with one attached hydrogen (secondary N) is 1. The van der Waals surface area contributed by atoms with Gasteiger partial charge in [0.1, 0.15) is 5.82 Å². The maximum atomic E-state index is 13.0. The Morgan fingerprint density at radius 1 is 1.23 bits per heavy atom. The van der Waals surface area contributed by atoms with Gasteiger partial charge in [0.15, 0.2) is 5.69 Å². The third-order valence-electron chi connectivity index (χ3n) is 4.18. The predicted molar refractivity (Wildman–Crippen MR) is 104 cm³/mol. The van der Waals surface area contributed by atoms with Crippen molar-refractivity contribution in [2.24, 2.45) is 0 Å². The van der Waals surface area contributed by atoms with Crippen molar-refractivity contribution in [1.82, 2.24) is 9.55 Å². The van der Waals surface area contributed by atoms with Crippen molar-refractivity contribution in [3.63, 3.8) is 0 Å². The van der Waals surface area contributed by atoms with Crippen LogP contribution in [-0.4, -0.2) is 22.0 Å². The van der Waals surface area contributed by atoms with E-state index in [1.165, 1.54) is 9.47 Å². The van der Waals surface area contributed by atoms with Gasteiger partial charge < -0.3 is 10.6 Å². The second kappa shape index (κ2) is 8.51. The number of carbonyl (C=O) groups excluding carboxylic acids is 1. The number of anilines is 2. The molecule has 0 spiro atoms. The maximum Gasteiger partial charge on any atom is 0.330 e. The molecule has 2 rings (SSSR count). The van der Waals surface area contributed by atoms with E-state index in [-0.39, 0.29) is 17.4 Å². The minimum atomic E-state index is -0.644. The highest BCUT2D eigenvalue weighted by Gasteiger charge is 2.24. The molecule has 0 bridgehead atoms. The molecule has 1 aromatic carbocycles. The lowest BCUT2D eigenvalue weighted by Crippen LogP contribution is -2.41. The molecule has 0 atom stereocenters. The number of rotatable bonds is 7. The molecule has 0 saturated heterocycles. The minimum Gasteiger partial charge on any atom is -0.383 e. The van der Waals surface area contributed by atoms with Crippen molar-refractivity contribution in [1.29, 1.82) is 0 Å². The van der Waals surface area contributed by atoms with Gasteiger partial charge >= 0.3 is 5.69 Å². The molecule has 0 saturated carbocycles. The number of aromatic nitrogens is 2. The average Bonchev–Trinajstić information content (AvgIpc) is 2.60. The van der Waals surface area contributed by atoms with Gasteiger partial charge in [-0.05, 0) is 31.9 Å². The SMILES string of the molecule is CCCCn1c(N)c(N(CCC)C(=O)c2cccc(C)c2)c(=O)[nH]c1=O. The molecular formula is C19H26N4O3. The Morgan fingerprint density at radius 3 is 2.58 bits per heavy atom. The van der Waals surface area contributed by atoms with E-state index in [1.807, 2.05) is 26.8 Å². The van der Waals surface area contributed by atoms with Crippen LogP contribution in [0.3, 0.4) is 0 Å². The molecule has 1 aromatic heterocycles. The molecule has 3 N–H and O–H groups in total. The summed E-state index contributed by atoms with van der Waals surface area (Å²) in [7, 11) is 0. The highest BCUT2D eigenvalue weighted by atomic mass is 16.2. The molecule has 0 aliphatic carbocycles. The topological polar surface area (TPSA) is 101 Å². The van der Waals surface area contributed by atoms with E-state index in [0.29, 0.717) is 25.1 Å². The Labute approximate surface area is 152 Å². The summed E-state index contributed by atoms with van der Waals surface area (Å²) in [5, 5.41) is 0. The number of aryl methyl sites for hydroxylation is 1. The molecule has 0 unspecified atom stereocenters. The molecule has 26 heavy (non-hydrogen) atoms. The number of H-pyrrole nitrogens is 1. The summed E-state index contributed by atoms with van der Waals surface area (Å²) in [6.45, 7) is 6.52. The second-order valence-corrected chi connectivity index (χ2v) is 6.32. The molecule has 2 aromatic rings. The van der Waals surface area contributed by atoms with Gasteiger partial charge in [-0.1, -0.05) is 38.0 Å². The predicted octanol–water partition coefficient (Wildman–Crippen LogP) is 2.28. The molecule has 7 nitrogen and oxygen atoms in total. The first-order valence-corrected chi connectivity index (χ1v) is 8.91. The fraction of sp³-hybridized carbons (Fsp3) is 0.421. The number of hydrogen-bond acceptors (Lipinski definition) is 4. The molecule has 0 aliphatic heterocycles. The Hall–Kier alpha value is -2.83. The van der Waals surface area contributed by atoms with Crippen molar-refractivity contribution in [2.75, 3.05) is 17.2 Å². The number of nitrogen functional groups attached to an aromatic ring is 1. The van der Waals surface area contributed by atoms with E-state index in [4.69, 9.17) is 5.73 Å². The molecule has 7 heteroatoms. The summed E-state index contributed by atoms with van der Waals surface area (Å²) in [6, 6.07) is 7.16. The Morgan fingerprint density at radius 2 is 1.96 bits per heavy atom. The normalized spacial score (nSPS) is 10.7. The van der Waals surface area contributed by atoms with E-state index in [1.54, 1.807) is 18.2 Å². The van der Waals surface area contributed by atoms with E-state index < -0.39 is 11.2 Å². The monoisotopic (exact) mass is 358 g/mol. The number of nitrogens with zero attached hydrogens (tertiary/aromatic N) is 2. The van der Waals surface area contributed by atoms with Gasteiger partial charge in [-0.25, -0.2) is 4.79 Å². The lowest BCUT2D eigenvalue weighted by Gasteiger charge is -2.24. The van der Waals surface area contributed by atoms with E-state index >= 15 is 0 Å². The average molecular weight is 358 g/mol. The lowest BCUT2D eigenvalue weighted by atomic mass is 10.1. The van der Waals surface area contributed by atoms with Crippen molar-refractivity contribution < 1.29 is 4.79 Å². The number of benzene rings is 1. The summed E-state index contributed by atoms with van der Waals surface area (Å²) < 4.78 is 1.33. The maximum absolute atomic E-state index is 13.0. The zero-order chi connectivity index (χ0) is 19.3. The fourth-order valence-corrected chi connectivity index (χ4v) is 2.85. The van der Waals surface area contributed by atoms with Gasteiger partial charge in [0.25, 0.3) is 11.5 Å². The standard InChI is InChI=1S/C19H26N4O3/c1-4-6-11-23-16(20)15(17(24)21-19(23)26)22(10-5-2)18(25)14-9-7-8-13(3)12-14/h7-9,12H,4-6,10-11,20H2,1-3H3,(H,21,24,26). The van der Waals surface area contributed by atoms with Crippen molar-refractivity contribution in [3.05, 3.63) is 56.2 Å². The van der Waals surface area contributed by atoms with Crippen LogP contribution >= 0.6 is 0 Å². The molecular weight excluding hydrogens is 332 g/mol. The molecule has 0 fully saturated rings. The molecule has 0 aliphatic rings. The number of unbranched alkanes of at least 4 members (excludes halogenated alkanes) is 1. The second-order valence-electron chi connectivity index (χ2n) is 6.32. The fourth-order valence-electron chi connectivity index (χ4n) is 2.85. The zero-order valence-corrected chi connectivity index (χ0v) is 15.5. The summed E-state index contributed by atoms with van der Waals surface area (Å²) in [5.74, 6) is -0.282. The number of amides is 1. The van der Waals surface area contributed by atoms with Crippen LogP contribution in [0.5, 0.6) is 0 Å². The van der Waals surface area contributed by atoms with Gasteiger partial charge in [-0.15, -0.1) is 0 Å². The number of hydrogen-bond donors (Lipinski definition) is 2. The summed E-state index contributed by atoms with van der Waals surface area (Å²) in [6.07, 6.45) is 2.26. The largest absolute Gasteiger partial charge is 0.383 e. The lowest BCUT2D eigenvalue weighted by molar-refractivity contribution is 0.0986. The van der Waals surface area contributed by atoms with Gasteiger partial charge in [0, 0.05) is 18.7 Å². The van der Waals surface area contributed by atoms with Gasteiger partial charge in [0.05, 0.1) is 0 Å². The van der Waals surface area contributed by atoms with Crippen molar-refractivity contribution in [3.8, 4) is 0 Å². The van der Waals surface area contributed by atoms with Crippen LogP contribution in [0.2, 0.25) is 0 Å². The van der Waals surface area contributed by atoms with E-state index in [9.17, 15) is 14.4 Å².